The van der Waals surface area contributed by atoms with Gasteiger partial charge in [-0.3, -0.25) is 0 Å². The number of ether oxygens (including phenoxy) is 2. The van der Waals surface area contributed by atoms with Gasteiger partial charge in [-0.05, 0) is 43.7 Å². The predicted molar refractivity (Wildman–Crippen MR) is 87.2 cm³/mol. The van der Waals surface area contributed by atoms with Gasteiger partial charge in [0.2, 0.25) is 0 Å². The summed E-state index contributed by atoms with van der Waals surface area (Å²) < 4.78 is 11.3. The van der Waals surface area contributed by atoms with Crippen LogP contribution in [0.15, 0.2) is 12.1 Å². The van der Waals surface area contributed by atoms with Gasteiger partial charge < -0.3 is 15.2 Å². The largest absolute Gasteiger partial charge is 0.490 e. The van der Waals surface area contributed by atoms with Crippen molar-refractivity contribution in [2.45, 2.75) is 46.1 Å². The van der Waals surface area contributed by atoms with Gasteiger partial charge in [-0.15, -0.1) is 0 Å². The summed E-state index contributed by atoms with van der Waals surface area (Å²) in [5, 5.41) is 0.675. The first kappa shape index (κ1) is 16.4. The molecule has 3 nitrogen and oxygen atoms in total. The molecule has 4 heteroatoms. The number of rotatable bonds is 6. The van der Waals surface area contributed by atoms with Crippen molar-refractivity contribution < 1.29 is 9.47 Å². The quantitative estimate of drug-likeness (QED) is 0.836. The Morgan fingerprint density at radius 2 is 1.81 bits per heavy atom. The molecule has 2 rings (SSSR count). The molecule has 21 heavy (non-hydrogen) atoms. The lowest BCUT2D eigenvalue weighted by atomic mass is 9.86. The van der Waals surface area contributed by atoms with Crippen molar-refractivity contribution in [3.8, 4) is 11.5 Å². The fraction of sp³-hybridized carbons (Fsp3) is 0.647. The Labute approximate surface area is 132 Å². The summed E-state index contributed by atoms with van der Waals surface area (Å²) in [4.78, 5) is 0. The van der Waals surface area contributed by atoms with Crippen molar-refractivity contribution in [1.82, 2.24) is 0 Å². The molecule has 3 atom stereocenters. The molecule has 2 N–H and O–H groups in total. The van der Waals surface area contributed by atoms with Crippen LogP contribution in [0.25, 0.3) is 0 Å². The van der Waals surface area contributed by atoms with Crippen LogP contribution in [-0.2, 0) is 0 Å². The molecule has 0 amide bonds. The summed E-state index contributed by atoms with van der Waals surface area (Å²) >= 11 is 6.44. The van der Waals surface area contributed by atoms with Gasteiger partial charge in [0.05, 0.1) is 13.2 Å². The van der Waals surface area contributed by atoms with Gasteiger partial charge in [0.1, 0.15) is 0 Å². The third-order valence-electron chi connectivity index (χ3n) is 4.41. The molecular weight excluding hydrogens is 286 g/mol. The summed E-state index contributed by atoms with van der Waals surface area (Å²) in [6.45, 7) is 7.37. The maximum Gasteiger partial charge on any atom is 0.162 e. The van der Waals surface area contributed by atoms with E-state index in [1.807, 2.05) is 26.0 Å². The van der Waals surface area contributed by atoms with Gasteiger partial charge >= 0.3 is 0 Å². The molecule has 0 aromatic heterocycles. The molecular formula is C17H26ClNO2. The Hall–Kier alpha value is -0.930. The standard InChI is InChI=1S/C17H26ClNO2/c1-4-20-15-9-13(14(18)10-16(15)21-5-2)17(19)12-8-6-7-11(12)3/h9-12,17H,4-8,19H2,1-3H3. The number of hydrogen-bond acceptors (Lipinski definition) is 3. The normalized spacial score (nSPS) is 23.1. The fourth-order valence-corrected chi connectivity index (χ4v) is 3.56. The van der Waals surface area contributed by atoms with Gasteiger partial charge in [-0.25, -0.2) is 0 Å². The minimum absolute atomic E-state index is 0.0371. The minimum atomic E-state index is -0.0371. The molecule has 118 valence electrons. The highest BCUT2D eigenvalue weighted by atomic mass is 35.5. The Bertz CT molecular complexity index is 478. The van der Waals surface area contributed by atoms with Crippen molar-refractivity contribution in [3.05, 3.63) is 22.7 Å². The maximum atomic E-state index is 6.50. The highest BCUT2D eigenvalue weighted by Gasteiger charge is 2.31. The van der Waals surface area contributed by atoms with Crippen LogP contribution in [-0.4, -0.2) is 13.2 Å². The van der Waals surface area contributed by atoms with Gasteiger partial charge in [0.15, 0.2) is 11.5 Å². The Morgan fingerprint density at radius 3 is 2.33 bits per heavy atom. The zero-order valence-corrected chi connectivity index (χ0v) is 14.0. The van der Waals surface area contributed by atoms with Gasteiger partial charge in [-0.1, -0.05) is 31.4 Å². The first-order valence-corrected chi connectivity index (χ1v) is 8.30. The number of halogens is 1. The summed E-state index contributed by atoms with van der Waals surface area (Å²) in [6, 6.07) is 3.77. The maximum absolute atomic E-state index is 6.50. The number of nitrogens with two attached hydrogens (primary N) is 1. The smallest absolute Gasteiger partial charge is 0.162 e. The minimum Gasteiger partial charge on any atom is -0.490 e. The van der Waals surface area contributed by atoms with Crippen LogP contribution in [0.2, 0.25) is 5.02 Å². The van der Waals surface area contributed by atoms with Gasteiger partial charge in [-0.2, -0.15) is 0 Å². The van der Waals surface area contributed by atoms with Gasteiger partial charge in [0.25, 0.3) is 0 Å². The molecule has 0 heterocycles. The Kier molecular flexibility index (Phi) is 5.77. The second-order valence-corrected chi connectivity index (χ2v) is 6.19. The lowest BCUT2D eigenvalue weighted by molar-refractivity contribution is 0.286. The zero-order chi connectivity index (χ0) is 15.4. The van der Waals surface area contributed by atoms with Crippen molar-refractivity contribution in [3.63, 3.8) is 0 Å². The van der Waals surface area contributed by atoms with E-state index in [0.717, 1.165) is 11.3 Å². The van der Waals surface area contributed by atoms with Crippen LogP contribution in [0.5, 0.6) is 11.5 Å². The van der Waals surface area contributed by atoms with E-state index in [9.17, 15) is 0 Å². The van der Waals surface area contributed by atoms with E-state index in [1.165, 1.54) is 19.3 Å². The Balaban J connectivity index is 2.31. The monoisotopic (exact) mass is 311 g/mol. The zero-order valence-electron chi connectivity index (χ0n) is 13.2. The molecule has 0 aliphatic heterocycles. The lowest BCUT2D eigenvalue weighted by Gasteiger charge is -2.25. The van der Waals surface area contributed by atoms with Crippen molar-refractivity contribution in [2.75, 3.05) is 13.2 Å². The van der Waals surface area contributed by atoms with Crippen LogP contribution in [0.3, 0.4) is 0 Å². The highest BCUT2D eigenvalue weighted by Crippen LogP contribution is 2.43. The molecule has 0 radical (unpaired) electrons. The first-order chi connectivity index (χ1) is 10.1. The van der Waals surface area contributed by atoms with Crippen LogP contribution >= 0.6 is 11.6 Å². The Morgan fingerprint density at radius 1 is 1.19 bits per heavy atom. The van der Waals surface area contributed by atoms with E-state index < -0.39 is 0 Å². The van der Waals surface area contributed by atoms with Crippen LogP contribution in [0.1, 0.15) is 51.6 Å². The summed E-state index contributed by atoms with van der Waals surface area (Å²) in [6.07, 6.45) is 3.69. The third-order valence-corrected chi connectivity index (χ3v) is 4.74. The topological polar surface area (TPSA) is 44.5 Å². The number of hydrogen-bond donors (Lipinski definition) is 1. The molecule has 1 fully saturated rings. The highest BCUT2D eigenvalue weighted by molar-refractivity contribution is 6.31. The molecule has 0 bridgehead atoms. The van der Waals surface area contributed by atoms with Crippen LogP contribution < -0.4 is 15.2 Å². The molecule has 0 saturated heterocycles. The van der Waals surface area contributed by atoms with Gasteiger partial charge in [0, 0.05) is 17.1 Å². The van der Waals surface area contributed by atoms with E-state index >= 15 is 0 Å². The average molecular weight is 312 g/mol. The van der Waals surface area contributed by atoms with Crippen LogP contribution in [0.4, 0.5) is 0 Å². The van der Waals surface area contributed by atoms with Crippen molar-refractivity contribution in [2.24, 2.45) is 17.6 Å². The van der Waals surface area contributed by atoms with Crippen LogP contribution in [0, 0.1) is 11.8 Å². The molecule has 1 aliphatic rings. The fourth-order valence-electron chi connectivity index (χ4n) is 3.28. The second kappa shape index (κ2) is 7.37. The predicted octanol–water partition coefficient (Wildman–Crippen LogP) is 4.57. The molecule has 3 unspecified atom stereocenters. The molecule has 1 aromatic carbocycles. The summed E-state index contributed by atoms with van der Waals surface area (Å²) in [7, 11) is 0. The number of benzene rings is 1. The molecule has 1 saturated carbocycles. The lowest BCUT2D eigenvalue weighted by Crippen LogP contribution is -2.23. The van der Waals surface area contributed by atoms with Crippen molar-refractivity contribution in [1.29, 1.82) is 0 Å². The molecule has 1 aliphatic carbocycles. The third kappa shape index (κ3) is 3.64. The first-order valence-electron chi connectivity index (χ1n) is 7.93. The van der Waals surface area contributed by atoms with E-state index in [2.05, 4.69) is 6.92 Å². The van der Waals surface area contributed by atoms with Crippen molar-refractivity contribution >= 4 is 11.6 Å². The average Bonchev–Trinajstić information content (AvgIpc) is 2.87. The molecule has 0 spiro atoms. The molecule has 1 aromatic rings. The van der Waals surface area contributed by atoms with E-state index in [4.69, 9.17) is 26.8 Å². The summed E-state index contributed by atoms with van der Waals surface area (Å²) in [5.41, 5.74) is 7.47. The van der Waals surface area contributed by atoms with E-state index in [1.54, 1.807) is 0 Å². The SMILES string of the molecule is CCOc1cc(Cl)c(C(N)C2CCCC2C)cc1OCC. The summed E-state index contributed by atoms with van der Waals surface area (Å²) in [5.74, 6) is 2.58. The van der Waals surface area contributed by atoms with E-state index in [-0.39, 0.29) is 6.04 Å². The van der Waals surface area contributed by atoms with E-state index in [0.29, 0.717) is 35.8 Å². The second-order valence-electron chi connectivity index (χ2n) is 5.78.